The Kier molecular flexibility index (Phi) is 7.32. The average Bonchev–Trinajstić information content (AvgIpc) is 3.12. The normalized spacial score (nSPS) is 11.1. The zero-order valence-electron chi connectivity index (χ0n) is 15.7. The molecule has 0 N–H and O–H groups in total. The van der Waals surface area contributed by atoms with Gasteiger partial charge in [-0.3, -0.25) is 9.48 Å². The molecule has 0 aliphatic rings. The van der Waals surface area contributed by atoms with Crippen molar-refractivity contribution in [1.29, 1.82) is 0 Å². The number of hydrogen-bond acceptors (Lipinski definition) is 4. The van der Waals surface area contributed by atoms with Gasteiger partial charge in [0.15, 0.2) is 5.78 Å². The van der Waals surface area contributed by atoms with Crippen LogP contribution in [0.25, 0.3) is 6.08 Å². The molecule has 29 heavy (non-hydrogen) atoms. The summed E-state index contributed by atoms with van der Waals surface area (Å²) in [6, 6.07) is 9.52. The number of aryl methyl sites for hydroxylation is 1. The zero-order chi connectivity index (χ0) is 21.0. The summed E-state index contributed by atoms with van der Waals surface area (Å²) in [5.74, 6) is 1.31. The van der Waals surface area contributed by atoms with Crippen LogP contribution in [0.1, 0.15) is 21.5 Å². The first-order valence-corrected chi connectivity index (χ1v) is 10.9. The van der Waals surface area contributed by atoms with E-state index in [1.807, 2.05) is 30.3 Å². The average molecular weight is 585 g/mol. The van der Waals surface area contributed by atoms with E-state index >= 15 is 0 Å². The van der Waals surface area contributed by atoms with Gasteiger partial charge in [0.1, 0.15) is 18.1 Å². The van der Waals surface area contributed by atoms with Crippen LogP contribution in [0.15, 0.2) is 62.2 Å². The van der Waals surface area contributed by atoms with Crippen molar-refractivity contribution in [1.82, 2.24) is 9.78 Å². The molecule has 0 unspecified atom stereocenters. The number of rotatable bonds is 7. The minimum Gasteiger partial charge on any atom is -0.496 e. The van der Waals surface area contributed by atoms with Crippen LogP contribution in [-0.4, -0.2) is 22.7 Å². The number of nitrogens with zero attached hydrogens (tertiary/aromatic N) is 2. The third-order valence-electron chi connectivity index (χ3n) is 4.06. The van der Waals surface area contributed by atoms with Crippen molar-refractivity contribution in [3.8, 4) is 11.5 Å². The van der Waals surface area contributed by atoms with Gasteiger partial charge in [-0.1, -0.05) is 28.1 Å². The molecule has 0 spiro atoms. The number of ether oxygens (including phenoxy) is 2. The summed E-state index contributed by atoms with van der Waals surface area (Å²) in [7, 11) is 3.39. The maximum absolute atomic E-state index is 12.2. The zero-order valence-corrected chi connectivity index (χ0v) is 20.4. The molecule has 5 nitrogen and oxygen atoms in total. The Morgan fingerprint density at radius 3 is 2.52 bits per heavy atom. The van der Waals surface area contributed by atoms with Gasteiger partial charge in [0.25, 0.3) is 0 Å². The van der Waals surface area contributed by atoms with Crippen LogP contribution >= 0.6 is 47.8 Å². The summed E-state index contributed by atoms with van der Waals surface area (Å²) in [6.45, 7) is 0.306. The second-order valence-electron chi connectivity index (χ2n) is 6.16. The second kappa shape index (κ2) is 9.73. The van der Waals surface area contributed by atoms with Gasteiger partial charge >= 0.3 is 0 Å². The minimum atomic E-state index is -0.102. The smallest absolute Gasteiger partial charge is 0.189 e. The predicted octanol–water partition coefficient (Wildman–Crippen LogP) is 6.19. The first-order valence-electron chi connectivity index (χ1n) is 8.52. The monoisotopic (exact) mass is 582 g/mol. The molecule has 0 aliphatic carbocycles. The van der Waals surface area contributed by atoms with E-state index in [2.05, 4.69) is 52.9 Å². The molecule has 0 amide bonds. The van der Waals surface area contributed by atoms with Crippen molar-refractivity contribution in [3.63, 3.8) is 0 Å². The Bertz CT molecular complexity index is 1050. The lowest BCUT2D eigenvalue weighted by molar-refractivity contribution is 0.104. The highest BCUT2D eigenvalue weighted by molar-refractivity contribution is 9.11. The lowest BCUT2D eigenvalue weighted by atomic mass is 10.1. The first kappa shape index (κ1) is 21.8. The number of benzene rings is 2. The van der Waals surface area contributed by atoms with Crippen molar-refractivity contribution >= 4 is 59.6 Å². The molecule has 1 heterocycles. The van der Waals surface area contributed by atoms with Gasteiger partial charge in [0, 0.05) is 23.3 Å². The number of ketones is 1. The van der Waals surface area contributed by atoms with Crippen LogP contribution in [0.4, 0.5) is 0 Å². The van der Waals surface area contributed by atoms with E-state index in [0.29, 0.717) is 23.7 Å². The third-order valence-corrected chi connectivity index (χ3v) is 5.69. The Labute approximate surface area is 194 Å². The van der Waals surface area contributed by atoms with E-state index in [1.54, 1.807) is 37.3 Å². The molecule has 3 aromatic rings. The molecule has 0 fully saturated rings. The van der Waals surface area contributed by atoms with Gasteiger partial charge in [-0.05, 0) is 67.8 Å². The highest BCUT2D eigenvalue weighted by Crippen LogP contribution is 2.37. The molecule has 0 saturated heterocycles. The molecule has 1 aromatic heterocycles. The van der Waals surface area contributed by atoms with Crippen LogP contribution < -0.4 is 9.47 Å². The Balaban J connectivity index is 1.78. The highest BCUT2D eigenvalue weighted by Gasteiger charge is 2.11. The number of carbonyl (C=O) groups is 1. The van der Waals surface area contributed by atoms with E-state index in [1.165, 1.54) is 6.08 Å². The fourth-order valence-electron chi connectivity index (χ4n) is 2.65. The van der Waals surface area contributed by atoms with Gasteiger partial charge in [-0.25, -0.2) is 0 Å². The molecule has 3 rings (SSSR count). The lowest BCUT2D eigenvalue weighted by Crippen LogP contribution is -2.00. The van der Waals surface area contributed by atoms with E-state index in [4.69, 9.17) is 9.47 Å². The molecule has 0 aliphatic heterocycles. The van der Waals surface area contributed by atoms with Crippen LogP contribution in [0, 0.1) is 0 Å². The van der Waals surface area contributed by atoms with Crippen molar-refractivity contribution in [2.75, 3.05) is 7.11 Å². The lowest BCUT2D eigenvalue weighted by Gasteiger charge is -2.14. The third kappa shape index (κ3) is 5.58. The molecular weight excluding hydrogens is 568 g/mol. The van der Waals surface area contributed by atoms with Crippen LogP contribution in [0.5, 0.6) is 11.5 Å². The minimum absolute atomic E-state index is 0.102. The van der Waals surface area contributed by atoms with Gasteiger partial charge in [-0.2, -0.15) is 5.10 Å². The maximum Gasteiger partial charge on any atom is 0.189 e. The molecule has 150 valence electrons. The van der Waals surface area contributed by atoms with Gasteiger partial charge in [-0.15, -0.1) is 0 Å². The van der Waals surface area contributed by atoms with Crippen molar-refractivity contribution < 1.29 is 14.3 Å². The SMILES string of the molecule is COc1ccc(/C=C/C(=O)c2cnn(C)c2)cc1COc1c(Br)cc(Br)cc1Br. The van der Waals surface area contributed by atoms with Gasteiger partial charge in [0.05, 0.1) is 27.8 Å². The highest BCUT2D eigenvalue weighted by atomic mass is 79.9. The van der Waals surface area contributed by atoms with E-state index < -0.39 is 0 Å². The van der Waals surface area contributed by atoms with Gasteiger partial charge in [0.2, 0.25) is 0 Å². The summed E-state index contributed by atoms with van der Waals surface area (Å²) in [5.41, 5.74) is 2.28. The standard InChI is InChI=1S/C21H17Br3N2O3/c1-26-11-15(10-25-26)19(27)5-3-13-4-6-20(28-2)14(7-13)12-29-21-17(23)8-16(22)9-18(21)24/h3-11H,12H2,1-2H3/b5-3+. The first-order chi connectivity index (χ1) is 13.9. The number of allylic oxidation sites excluding steroid dienone is 1. The number of halogens is 3. The van der Waals surface area contributed by atoms with Crippen molar-refractivity contribution in [3.05, 3.63) is 78.9 Å². The quantitative estimate of drug-likeness (QED) is 0.245. The molecule has 2 aromatic carbocycles. The Hall–Kier alpha value is -1.90. The van der Waals surface area contributed by atoms with Gasteiger partial charge < -0.3 is 9.47 Å². The van der Waals surface area contributed by atoms with Crippen LogP contribution in [0.2, 0.25) is 0 Å². The van der Waals surface area contributed by atoms with E-state index in [0.717, 1.165) is 24.5 Å². The van der Waals surface area contributed by atoms with Crippen molar-refractivity contribution in [2.45, 2.75) is 6.61 Å². The Morgan fingerprint density at radius 2 is 1.90 bits per heavy atom. The fraction of sp³-hybridized carbons (Fsp3) is 0.143. The maximum atomic E-state index is 12.2. The summed E-state index contributed by atoms with van der Waals surface area (Å²) >= 11 is 10.5. The Morgan fingerprint density at radius 1 is 1.17 bits per heavy atom. The van der Waals surface area contributed by atoms with Crippen LogP contribution in [0.3, 0.4) is 0 Å². The van der Waals surface area contributed by atoms with E-state index in [-0.39, 0.29) is 5.78 Å². The van der Waals surface area contributed by atoms with Crippen molar-refractivity contribution in [2.24, 2.45) is 7.05 Å². The number of hydrogen-bond donors (Lipinski definition) is 0. The molecule has 8 heteroatoms. The molecule has 0 bridgehead atoms. The largest absolute Gasteiger partial charge is 0.496 e. The summed E-state index contributed by atoms with van der Waals surface area (Å²) < 4.78 is 15.7. The van der Waals surface area contributed by atoms with Crippen LogP contribution in [-0.2, 0) is 13.7 Å². The summed E-state index contributed by atoms with van der Waals surface area (Å²) in [6.07, 6.45) is 6.54. The molecular formula is C21H17Br3N2O3. The molecule has 0 saturated carbocycles. The number of aromatic nitrogens is 2. The molecule has 0 radical (unpaired) electrons. The fourth-order valence-corrected chi connectivity index (χ4v) is 5.14. The number of methoxy groups -OCH3 is 1. The predicted molar refractivity (Wildman–Crippen MR) is 123 cm³/mol. The summed E-state index contributed by atoms with van der Waals surface area (Å²) in [5, 5.41) is 4.02. The number of carbonyl (C=O) groups excluding carboxylic acids is 1. The second-order valence-corrected chi connectivity index (χ2v) is 8.78. The molecule has 0 atom stereocenters. The topological polar surface area (TPSA) is 53.3 Å². The van der Waals surface area contributed by atoms with E-state index in [9.17, 15) is 4.79 Å². The summed E-state index contributed by atoms with van der Waals surface area (Å²) in [4.78, 5) is 12.2.